The maximum absolute atomic E-state index is 5.03. The number of nitrogens with zero attached hydrogens (tertiary/aromatic N) is 3. The van der Waals surface area contributed by atoms with Crippen LogP contribution in [0.25, 0.3) is 49.1 Å². The summed E-state index contributed by atoms with van der Waals surface area (Å²) in [6.07, 6.45) is 7.64. The highest BCUT2D eigenvalue weighted by atomic mass is 15.0. The quantitative estimate of drug-likeness (QED) is 0.151. The molecule has 168 valence electrons. The van der Waals surface area contributed by atoms with Gasteiger partial charge in [-0.3, -0.25) is 0 Å². The largest absolute Gasteiger partial charge is 0.307 e. The van der Waals surface area contributed by atoms with Crippen molar-refractivity contribution in [1.29, 1.82) is 0 Å². The lowest BCUT2D eigenvalue weighted by Crippen LogP contribution is -2.30. The number of pyridine rings is 1. The lowest BCUT2D eigenvalue weighted by molar-refractivity contribution is -0.646. The molecule has 6 aromatic rings. The van der Waals surface area contributed by atoms with E-state index in [4.69, 9.17) is 4.98 Å². The smallest absolute Gasteiger partial charge is 0.287 e. The van der Waals surface area contributed by atoms with Crippen molar-refractivity contribution in [3.05, 3.63) is 65.0 Å². The molecule has 0 radical (unpaired) electrons. The van der Waals surface area contributed by atoms with Gasteiger partial charge in [0.2, 0.25) is 0 Å². The Labute approximate surface area is 199 Å². The highest BCUT2D eigenvalue weighted by molar-refractivity contribution is 6.28. The van der Waals surface area contributed by atoms with E-state index in [1.165, 1.54) is 86.0 Å². The summed E-state index contributed by atoms with van der Waals surface area (Å²) < 4.78 is 4.85. The summed E-state index contributed by atoms with van der Waals surface area (Å²) in [5.74, 6) is 2.44. The van der Waals surface area contributed by atoms with Crippen LogP contribution in [0.4, 0.5) is 0 Å². The zero-order valence-corrected chi connectivity index (χ0v) is 20.4. The molecular formula is C31H30N3+. The second-order valence-electron chi connectivity index (χ2n) is 11.3. The topological polar surface area (TPSA) is 21.2 Å². The van der Waals surface area contributed by atoms with E-state index in [2.05, 4.69) is 73.2 Å². The fourth-order valence-electron chi connectivity index (χ4n) is 8.00. The van der Waals surface area contributed by atoms with Gasteiger partial charge >= 0.3 is 0 Å². The van der Waals surface area contributed by atoms with Gasteiger partial charge in [-0.2, -0.15) is 0 Å². The summed E-state index contributed by atoms with van der Waals surface area (Å²) in [6, 6.07) is 14.0. The number of aromatic nitrogens is 3. The molecule has 8 rings (SSSR count). The predicted octanol–water partition coefficient (Wildman–Crippen LogP) is 7.04. The molecule has 3 nitrogen and oxygen atoms in total. The first-order valence-electron chi connectivity index (χ1n) is 12.9. The van der Waals surface area contributed by atoms with Crippen molar-refractivity contribution in [2.75, 3.05) is 0 Å². The molecule has 3 aromatic carbocycles. The Morgan fingerprint density at radius 2 is 1.76 bits per heavy atom. The zero-order chi connectivity index (χ0) is 22.9. The first-order valence-corrected chi connectivity index (χ1v) is 12.9. The van der Waals surface area contributed by atoms with Crippen molar-refractivity contribution in [3.63, 3.8) is 0 Å². The third-order valence-electron chi connectivity index (χ3n) is 9.52. The van der Waals surface area contributed by atoms with E-state index in [0.29, 0.717) is 5.92 Å². The van der Waals surface area contributed by atoms with Gasteiger partial charge in [0.15, 0.2) is 5.52 Å². The third kappa shape index (κ3) is 2.15. The fourth-order valence-corrected chi connectivity index (χ4v) is 8.00. The third-order valence-corrected chi connectivity index (χ3v) is 9.52. The van der Waals surface area contributed by atoms with Crippen molar-refractivity contribution in [2.24, 2.45) is 18.9 Å². The Hall–Kier alpha value is -3.20. The minimum absolute atomic E-state index is 0.670. The second kappa shape index (κ2) is 6.27. The standard InChI is InChI=1S/C31H30N3/c1-16-11-17(2)29-26(18(16)3)30-28-24(32-15-33(30)4)14-23(22-13-19-9-10-20(22)12-19)27-21-7-5-6-8-25(21)34(29)31(27)28/h5-8,11,14-15,19-20,22H,9-10,12-13H2,1-4H3/q+1. The van der Waals surface area contributed by atoms with Gasteiger partial charge in [0, 0.05) is 16.2 Å². The number of hydrogen-bond acceptors (Lipinski definition) is 1. The van der Waals surface area contributed by atoms with Gasteiger partial charge in [0.1, 0.15) is 5.52 Å². The van der Waals surface area contributed by atoms with E-state index in [9.17, 15) is 0 Å². The molecule has 3 heterocycles. The first-order chi connectivity index (χ1) is 16.5. The molecule has 34 heavy (non-hydrogen) atoms. The van der Waals surface area contributed by atoms with Gasteiger partial charge in [-0.05, 0) is 97.2 Å². The van der Waals surface area contributed by atoms with Crippen LogP contribution in [-0.4, -0.2) is 9.38 Å². The monoisotopic (exact) mass is 444 g/mol. The van der Waals surface area contributed by atoms with Crippen LogP contribution in [0.2, 0.25) is 0 Å². The molecular weight excluding hydrogens is 414 g/mol. The van der Waals surface area contributed by atoms with Gasteiger partial charge in [0.25, 0.3) is 6.33 Å². The van der Waals surface area contributed by atoms with Crippen LogP contribution >= 0.6 is 0 Å². The maximum atomic E-state index is 5.03. The lowest BCUT2D eigenvalue weighted by Gasteiger charge is -2.24. The Bertz CT molecular complexity index is 1820. The minimum atomic E-state index is 0.670. The van der Waals surface area contributed by atoms with Crippen molar-refractivity contribution in [2.45, 2.75) is 52.4 Å². The van der Waals surface area contributed by atoms with Crippen LogP contribution in [0.15, 0.2) is 42.7 Å². The van der Waals surface area contributed by atoms with Crippen LogP contribution in [0.5, 0.6) is 0 Å². The van der Waals surface area contributed by atoms with E-state index in [1.807, 2.05) is 6.33 Å². The van der Waals surface area contributed by atoms with Crippen LogP contribution in [0.1, 0.15) is 53.9 Å². The Balaban J connectivity index is 1.71. The molecule has 0 saturated heterocycles. The molecule has 2 bridgehead atoms. The zero-order valence-electron chi connectivity index (χ0n) is 20.4. The van der Waals surface area contributed by atoms with Gasteiger partial charge in [-0.15, -0.1) is 0 Å². The minimum Gasteiger partial charge on any atom is -0.307 e. The summed E-state index contributed by atoms with van der Waals surface area (Å²) in [5, 5.41) is 5.58. The number of fused-ring (bicyclic) bond motifs is 8. The molecule has 0 spiro atoms. The number of hydrogen-bond donors (Lipinski definition) is 0. The second-order valence-corrected chi connectivity index (χ2v) is 11.3. The summed E-state index contributed by atoms with van der Waals surface area (Å²) in [7, 11) is 2.16. The number of rotatable bonds is 1. The van der Waals surface area contributed by atoms with Crippen LogP contribution in [0.3, 0.4) is 0 Å². The molecule has 0 aliphatic heterocycles. The average Bonchev–Trinajstić information content (AvgIpc) is 3.56. The molecule has 2 fully saturated rings. The Morgan fingerprint density at radius 1 is 0.912 bits per heavy atom. The van der Waals surface area contributed by atoms with E-state index in [0.717, 1.165) is 17.4 Å². The van der Waals surface area contributed by atoms with Crippen LogP contribution < -0.4 is 4.57 Å². The fraction of sp³-hybridized carbons (Fsp3) is 0.355. The van der Waals surface area contributed by atoms with Gasteiger partial charge in [-0.25, -0.2) is 4.57 Å². The number of benzene rings is 3. The molecule has 3 heteroatoms. The summed E-state index contributed by atoms with van der Waals surface area (Å²) >= 11 is 0. The van der Waals surface area contributed by atoms with Gasteiger partial charge in [0.05, 0.1) is 29.0 Å². The number of para-hydroxylation sites is 1. The van der Waals surface area contributed by atoms with Crippen LogP contribution in [0, 0.1) is 32.6 Å². The Morgan fingerprint density at radius 3 is 2.56 bits per heavy atom. The van der Waals surface area contributed by atoms with Gasteiger partial charge < -0.3 is 4.40 Å². The van der Waals surface area contributed by atoms with E-state index < -0.39 is 0 Å². The molecule has 3 unspecified atom stereocenters. The normalized spacial score (nSPS) is 22.5. The van der Waals surface area contributed by atoms with Crippen molar-refractivity contribution < 1.29 is 4.57 Å². The highest BCUT2D eigenvalue weighted by Crippen LogP contribution is 2.55. The summed E-state index contributed by atoms with van der Waals surface area (Å²) in [5.41, 5.74) is 12.2. The Kier molecular flexibility index (Phi) is 3.53. The van der Waals surface area contributed by atoms with Crippen LogP contribution in [-0.2, 0) is 7.05 Å². The first kappa shape index (κ1) is 19.1. The predicted molar refractivity (Wildman–Crippen MR) is 140 cm³/mol. The number of aryl methyl sites for hydroxylation is 4. The molecule has 3 atom stereocenters. The van der Waals surface area contributed by atoms with E-state index in [1.54, 1.807) is 5.56 Å². The van der Waals surface area contributed by atoms with Crippen molar-refractivity contribution >= 4 is 49.1 Å². The molecule has 3 aromatic heterocycles. The lowest BCUT2D eigenvalue weighted by atomic mass is 9.81. The van der Waals surface area contributed by atoms with Crippen molar-refractivity contribution in [3.8, 4) is 0 Å². The molecule has 2 aliphatic carbocycles. The maximum Gasteiger partial charge on any atom is 0.287 e. The molecule has 0 N–H and O–H groups in total. The summed E-state index contributed by atoms with van der Waals surface area (Å²) in [6.45, 7) is 6.82. The van der Waals surface area contributed by atoms with Gasteiger partial charge in [-0.1, -0.05) is 30.7 Å². The summed E-state index contributed by atoms with van der Waals surface area (Å²) in [4.78, 5) is 5.03. The van der Waals surface area contributed by atoms with E-state index >= 15 is 0 Å². The average molecular weight is 445 g/mol. The molecule has 2 saturated carbocycles. The molecule has 0 amide bonds. The van der Waals surface area contributed by atoms with E-state index in [-0.39, 0.29) is 0 Å². The van der Waals surface area contributed by atoms with Crippen molar-refractivity contribution in [1.82, 2.24) is 9.38 Å². The highest BCUT2D eigenvalue weighted by Gasteiger charge is 2.42. The SMILES string of the molecule is Cc1cc(C)c2c(c1C)c1c3c(cc(C4CC5CCC4C5)c4c5ccccc5n2c43)nc[n+]1C. The molecule has 2 aliphatic rings.